The molecule has 1 aliphatic rings. The van der Waals surface area contributed by atoms with Gasteiger partial charge in [0, 0.05) is 11.7 Å². The van der Waals surface area contributed by atoms with Crippen LogP contribution in [-0.2, 0) is 0 Å². The number of amides is 1. The monoisotopic (exact) mass is 253 g/mol. The smallest absolute Gasteiger partial charge is 0.253 e. The molecule has 3 N–H and O–H groups in total. The van der Waals surface area contributed by atoms with E-state index in [9.17, 15) is 4.79 Å². The zero-order valence-electron chi connectivity index (χ0n) is 9.79. The number of nitrogens with zero attached hydrogens (tertiary/aromatic N) is 1. The molecule has 1 fully saturated rings. The van der Waals surface area contributed by atoms with Crippen LogP contribution in [0.2, 0.25) is 5.02 Å². The minimum atomic E-state index is -0.135. The first-order valence-corrected chi connectivity index (χ1v) is 6.11. The second kappa shape index (κ2) is 4.53. The number of nitrogens with two attached hydrogens (primary N) is 1. The fourth-order valence-corrected chi connectivity index (χ4v) is 2.37. The average Bonchev–Trinajstić information content (AvgIpc) is 2.69. The van der Waals surface area contributed by atoms with Crippen molar-refractivity contribution in [1.29, 1.82) is 0 Å². The van der Waals surface area contributed by atoms with E-state index in [-0.39, 0.29) is 17.3 Å². The van der Waals surface area contributed by atoms with Crippen molar-refractivity contribution in [3.63, 3.8) is 0 Å². The summed E-state index contributed by atoms with van der Waals surface area (Å²) in [7, 11) is 0. The molecule has 1 saturated carbocycles. The highest BCUT2D eigenvalue weighted by molar-refractivity contribution is 6.33. The van der Waals surface area contributed by atoms with E-state index < -0.39 is 0 Å². The van der Waals surface area contributed by atoms with Crippen LogP contribution in [0, 0.1) is 0 Å². The average molecular weight is 254 g/mol. The van der Waals surface area contributed by atoms with Crippen LogP contribution in [0.5, 0.6) is 0 Å². The second-order valence-corrected chi connectivity index (χ2v) is 5.22. The number of pyridine rings is 1. The molecule has 0 radical (unpaired) electrons. The summed E-state index contributed by atoms with van der Waals surface area (Å²) in [6.07, 6.45) is 5.83. The number of hydrogen-bond acceptors (Lipinski definition) is 3. The van der Waals surface area contributed by atoms with Crippen molar-refractivity contribution in [1.82, 2.24) is 10.3 Å². The van der Waals surface area contributed by atoms with Gasteiger partial charge in [0.15, 0.2) is 0 Å². The Bertz CT molecular complexity index is 441. The van der Waals surface area contributed by atoms with E-state index in [0.29, 0.717) is 10.6 Å². The number of carbonyl (C=O) groups excluding carboxylic acids is 1. The molecule has 0 saturated heterocycles. The van der Waals surface area contributed by atoms with Crippen molar-refractivity contribution in [2.45, 2.75) is 38.1 Å². The SMILES string of the molecule is CC1(NC(=O)c2cnc(N)c(Cl)c2)CCCC1. The summed E-state index contributed by atoms with van der Waals surface area (Å²) in [6, 6.07) is 1.55. The first-order chi connectivity index (χ1) is 8.00. The lowest BCUT2D eigenvalue weighted by atomic mass is 10.0. The molecule has 1 aliphatic carbocycles. The number of anilines is 1. The Balaban J connectivity index is 2.11. The molecule has 1 aromatic rings. The molecule has 0 atom stereocenters. The zero-order valence-corrected chi connectivity index (χ0v) is 10.5. The van der Waals surface area contributed by atoms with Gasteiger partial charge in [-0.2, -0.15) is 0 Å². The summed E-state index contributed by atoms with van der Waals surface area (Å²) >= 11 is 5.84. The molecule has 1 amide bonds. The maximum absolute atomic E-state index is 12.0. The number of aromatic nitrogens is 1. The minimum absolute atomic E-state index is 0.0923. The van der Waals surface area contributed by atoms with Gasteiger partial charge in [-0.25, -0.2) is 4.98 Å². The number of nitrogens with one attached hydrogen (secondary N) is 1. The van der Waals surface area contributed by atoms with E-state index in [1.54, 1.807) is 6.07 Å². The van der Waals surface area contributed by atoms with Gasteiger partial charge >= 0.3 is 0 Å². The quantitative estimate of drug-likeness (QED) is 0.850. The van der Waals surface area contributed by atoms with Gasteiger partial charge in [0.2, 0.25) is 0 Å². The topological polar surface area (TPSA) is 68.0 Å². The lowest BCUT2D eigenvalue weighted by Crippen LogP contribution is -2.43. The molecule has 17 heavy (non-hydrogen) atoms. The number of rotatable bonds is 2. The fourth-order valence-electron chi connectivity index (χ4n) is 2.20. The van der Waals surface area contributed by atoms with Gasteiger partial charge in [-0.1, -0.05) is 24.4 Å². The van der Waals surface area contributed by atoms with Crippen molar-refractivity contribution in [3.05, 3.63) is 22.8 Å². The molecule has 0 aromatic carbocycles. The Morgan fingerprint density at radius 3 is 2.76 bits per heavy atom. The van der Waals surface area contributed by atoms with Crippen LogP contribution in [-0.4, -0.2) is 16.4 Å². The highest BCUT2D eigenvalue weighted by atomic mass is 35.5. The van der Waals surface area contributed by atoms with Gasteiger partial charge in [0.05, 0.1) is 10.6 Å². The highest BCUT2D eigenvalue weighted by Crippen LogP contribution is 2.29. The first-order valence-electron chi connectivity index (χ1n) is 5.74. The van der Waals surface area contributed by atoms with E-state index >= 15 is 0 Å². The maximum Gasteiger partial charge on any atom is 0.253 e. The van der Waals surface area contributed by atoms with Crippen molar-refractivity contribution >= 4 is 23.3 Å². The number of carbonyl (C=O) groups is 1. The first kappa shape index (κ1) is 12.2. The van der Waals surface area contributed by atoms with Gasteiger partial charge in [0.25, 0.3) is 5.91 Å². The second-order valence-electron chi connectivity index (χ2n) is 4.81. The largest absolute Gasteiger partial charge is 0.382 e. The summed E-state index contributed by atoms with van der Waals surface area (Å²) < 4.78 is 0. The minimum Gasteiger partial charge on any atom is -0.382 e. The van der Waals surface area contributed by atoms with E-state index in [4.69, 9.17) is 17.3 Å². The Morgan fingerprint density at radius 1 is 1.53 bits per heavy atom. The lowest BCUT2D eigenvalue weighted by Gasteiger charge is -2.25. The molecule has 5 heteroatoms. The molecule has 2 rings (SSSR count). The van der Waals surface area contributed by atoms with E-state index in [1.807, 2.05) is 0 Å². The molecular formula is C12H16ClN3O. The van der Waals surface area contributed by atoms with Gasteiger partial charge in [-0.05, 0) is 25.8 Å². The van der Waals surface area contributed by atoms with Crippen LogP contribution < -0.4 is 11.1 Å². The Morgan fingerprint density at radius 2 is 2.18 bits per heavy atom. The van der Waals surface area contributed by atoms with Crippen LogP contribution in [0.15, 0.2) is 12.3 Å². The molecule has 0 bridgehead atoms. The molecule has 0 aliphatic heterocycles. The molecule has 4 nitrogen and oxygen atoms in total. The summed E-state index contributed by atoms with van der Waals surface area (Å²) in [4.78, 5) is 15.9. The Hall–Kier alpha value is -1.29. The van der Waals surface area contributed by atoms with Crippen molar-refractivity contribution in [2.75, 3.05) is 5.73 Å². The third kappa shape index (κ3) is 2.69. The molecular weight excluding hydrogens is 238 g/mol. The van der Waals surface area contributed by atoms with Gasteiger partial charge < -0.3 is 11.1 Å². The van der Waals surface area contributed by atoms with Gasteiger partial charge in [-0.3, -0.25) is 4.79 Å². The molecule has 92 valence electrons. The summed E-state index contributed by atoms with van der Waals surface area (Å²) in [5.74, 6) is 0.110. The summed E-state index contributed by atoms with van der Waals surface area (Å²) in [5.41, 5.74) is 5.87. The van der Waals surface area contributed by atoms with Crippen LogP contribution in [0.4, 0.5) is 5.82 Å². The maximum atomic E-state index is 12.0. The molecule has 1 heterocycles. The molecule has 0 spiro atoms. The summed E-state index contributed by atoms with van der Waals surface area (Å²) in [5, 5.41) is 3.35. The van der Waals surface area contributed by atoms with Crippen molar-refractivity contribution < 1.29 is 4.79 Å². The Labute approximate surface area is 106 Å². The number of nitrogen functional groups attached to an aromatic ring is 1. The molecule has 0 unspecified atom stereocenters. The zero-order chi connectivity index (χ0) is 12.5. The highest BCUT2D eigenvalue weighted by Gasteiger charge is 2.30. The number of hydrogen-bond donors (Lipinski definition) is 2. The lowest BCUT2D eigenvalue weighted by molar-refractivity contribution is 0.0908. The van der Waals surface area contributed by atoms with Crippen LogP contribution in [0.1, 0.15) is 43.0 Å². The predicted octanol–water partition coefficient (Wildman–Crippen LogP) is 2.38. The summed E-state index contributed by atoms with van der Waals surface area (Å²) in [6.45, 7) is 2.07. The fraction of sp³-hybridized carbons (Fsp3) is 0.500. The predicted molar refractivity (Wildman–Crippen MR) is 68.0 cm³/mol. The van der Waals surface area contributed by atoms with Crippen LogP contribution in [0.25, 0.3) is 0 Å². The van der Waals surface area contributed by atoms with Gasteiger partial charge in [-0.15, -0.1) is 0 Å². The third-order valence-corrected chi connectivity index (χ3v) is 3.56. The van der Waals surface area contributed by atoms with E-state index in [2.05, 4.69) is 17.2 Å². The standard InChI is InChI=1S/C12H16ClN3O/c1-12(4-2-3-5-12)16-11(17)8-6-9(13)10(14)15-7-8/h6-7H,2-5H2,1H3,(H2,14,15)(H,16,17). The van der Waals surface area contributed by atoms with Gasteiger partial charge in [0.1, 0.15) is 5.82 Å². The van der Waals surface area contributed by atoms with E-state index in [1.165, 1.54) is 6.20 Å². The van der Waals surface area contributed by atoms with Crippen LogP contribution >= 0.6 is 11.6 Å². The number of halogens is 1. The van der Waals surface area contributed by atoms with E-state index in [0.717, 1.165) is 25.7 Å². The third-order valence-electron chi connectivity index (χ3n) is 3.25. The molecule has 1 aromatic heterocycles. The normalized spacial score (nSPS) is 18.0. The van der Waals surface area contributed by atoms with Crippen molar-refractivity contribution in [2.24, 2.45) is 0 Å². The van der Waals surface area contributed by atoms with Crippen molar-refractivity contribution in [3.8, 4) is 0 Å². The van der Waals surface area contributed by atoms with Crippen LogP contribution in [0.3, 0.4) is 0 Å². The Kier molecular flexibility index (Phi) is 3.24.